The van der Waals surface area contributed by atoms with Gasteiger partial charge >= 0.3 is 17.8 Å². The Morgan fingerprint density at radius 2 is 1.73 bits per heavy atom. The van der Waals surface area contributed by atoms with E-state index in [0.717, 1.165) is 9.75 Å². The Kier molecular flexibility index (Phi) is 6.88. The molecule has 26 heavy (non-hydrogen) atoms. The van der Waals surface area contributed by atoms with E-state index in [2.05, 4.69) is 15.4 Å². The SMILES string of the molecule is COC(=O)c1ccc(NC(=O)C(=O)NCC(OC)c2ccc(C)s2)cc1. The first kappa shape index (κ1) is 19.6. The Balaban J connectivity index is 1.88. The molecule has 2 amide bonds. The summed E-state index contributed by atoms with van der Waals surface area (Å²) in [6.07, 6.45) is -0.315. The van der Waals surface area contributed by atoms with Gasteiger partial charge in [0.1, 0.15) is 6.10 Å². The van der Waals surface area contributed by atoms with Crippen LogP contribution in [0.15, 0.2) is 36.4 Å². The van der Waals surface area contributed by atoms with Crippen LogP contribution in [0.1, 0.15) is 26.2 Å². The van der Waals surface area contributed by atoms with E-state index in [-0.39, 0.29) is 12.6 Å². The lowest BCUT2D eigenvalue weighted by Crippen LogP contribution is -2.37. The van der Waals surface area contributed by atoms with Crippen LogP contribution in [0.3, 0.4) is 0 Å². The second-order valence-corrected chi connectivity index (χ2v) is 6.73. The number of benzene rings is 1. The molecule has 0 fully saturated rings. The number of ether oxygens (including phenoxy) is 2. The normalized spacial score (nSPS) is 11.5. The summed E-state index contributed by atoms with van der Waals surface area (Å²) in [5, 5.41) is 5.03. The largest absolute Gasteiger partial charge is 0.465 e. The number of hydrogen-bond acceptors (Lipinski definition) is 6. The van der Waals surface area contributed by atoms with Crippen molar-refractivity contribution in [1.29, 1.82) is 0 Å². The van der Waals surface area contributed by atoms with Crippen LogP contribution >= 0.6 is 11.3 Å². The molecule has 7 nitrogen and oxygen atoms in total. The summed E-state index contributed by atoms with van der Waals surface area (Å²) in [6.45, 7) is 2.17. The van der Waals surface area contributed by atoms with Crippen LogP contribution in [0.4, 0.5) is 5.69 Å². The minimum Gasteiger partial charge on any atom is -0.465 e. The third-order valence-corrected chi connectivity index (χ3v) is 4.67. The molecule has 1 unspecified atom stereocenters. The Labute approximate surface area is 155 Å². The highest BCUT2D eigenvalue weighted by Crippen LogP contribution is 2.24. The molecule has 0 bridgehead atoms. The number of hydrogen-bond donors (Lipinski definition) is 2. The van der Waals surface area contributed by atoms with Crippen molar-refractivity contribution in [2.75, 3.05) is 26.1 Å². The molecule has 0 aliphatic carbocycles. The van der Waals surface area contributed by atoms with Crippen molar-refractivity contribution in [3.63, 3.8) is 0 Å². The summed E-state index contributed by atoms with van der Waals surface area (Å²) in [5.41, 5.74) is 0.749. The standard InChI is InChI=1S/C18H20N2O5S/c1-11-4-9-15(26-11)14(24-2)10-19-16(21)17(22)20-13-7-5-12(6-8-13)18(23)25-3/h4-9,14H,10H2,1-3H3,(H,19,21)(H,20,22). The minimum absolute atomic E-state index is 0.185. The second kappa shape index (κ2) is 9.12. The fourth-order valence-electron chi connectivity index (χ4n) is 2.19. The van der Waals surface area contributed by atoms with Gasteiger partial charge in [-0.2, -0.15) is 0 Å². The van der Waals surface area contributed by atoms with E-state index in [4.69, 9.17) is 4.74 Å². The first-order chi connectivity index (χ1) is 12.4. The highest BCUT2D eigenvalue weighted by Gasteiger charge is 2.18. The van der Waals surface area contributed by atoms with Crippen LogP contribution in [-0.4, -0.2) is 38.5 Å². The van der Waals surface area contributed by atoms with Crippen molar-refractivity contribution in [3.8, 4) is 0 Å². The lowest BCUT2D eigenvalue weighted by atomic mass is 10.2. The highest BCUT2D eigenvalue weighted by molar-refractivity contribution is 7.12. The monoisotopic (exact) mass is 376 g/mol. The van der Waals surface area contributed by atoms with Gasteiger partial charge in [-0.3, -0.25) is 9.59 Å². The molecule has 0 saturated carbocycles. The predicted molar refractivity (Wildman–Crippen MR) is 98.2 cm³/mol. The van der Waals surface area contributed by atoms with Gasteiger partial charge in [-0.15, -0.1) is 11.3 Å². The summed E-state index contributed by atoms with van der Waals surface area (Å²) < 4.78 is 9.96. The molecular weight excluding hydrogens is 356 g/mol. The van der Waals surface area contributed by atoms with Crippen molar-refractivity contribution in [3.05, 3.63) is 51.7 Å². The van der Waals surface area contributed by atoms with Crippen molar-refractivity contribution in [2.24, 2.45) is 0 Å². The van der Waals surface area contributed by atoms with Crippen molar-refractivity contribution in [2.45, 2.75) is 13.0 Å². The average molecular weight is 376 g/mol. The Bertz CT molecular complexity index is 785. The maximum atomic E-state index is 12.0. The van der Waals surface area contributed by atoms with Crippen molar-refractivity contribution in [1.82, 2.24) is 5.32 Å². The molecule has 0 spiro atoms. The Morgan fingerprint density at radius 1 is 1.04 bits per heavy atom. The van der Waals surface area contributed by atoms with E-state index in [1.165, 1.54) is 31.4 Å². The minimum atomic E-state index is -0.798. The van der Waals surface area contributed by atoms with Gasteiger partial charge in [0.05, 0.1) is 12.7 Å². The van der Waals surface area contributed by atoms with Gasteiger partial charge in [0.2, 0.25) is 0 Å². The molecule has 2 aromatic rings. The van der Waals surface area contributed by atoms with Gasteiger partial charge in [-0.1, -0.05) is 0 Å². The molecule has 0 saturated heterocycles. The number of methoxy groups -OCH3 is 2. The van der Waals surface area contributed by atoms with Crippen LogP contribution in [0, 0.1) is 6.92 Å². The Morgan fingerprint density at radius 3 is 2.27 bits per heavy atom. The second-order valence-electron chi connectivity index (χ2n) is 5.41. The number of esters is 1. The number of anilines is 1. The number of nitrogens with one attached hydrogen (secondary N) is 2. The molecule has 2 rings (SSSR count). The average Bonchev–Trinajstić information content (AvgIpc) is 3.08. The number of thiophene rings is 1. The molecule has 1 atom stereocenters. The first-order valence-corrected chi connectivity index (χ1v) is 8.63. The van der Waals surface area contributed by atoms with E-state index in [9.17, 15) is 14.4 Å². The topological polar surface area (TPSA) is 93.7 Å². The van der Waals surface area contributed by atoms with Gasteiger partial charge in [-0.25, -0.2) is 4.79 Å². The maximum Gasteiger partial charge on any atom is 0.337 e. The van der Waals surface area contributed by atoms with E-state index in [0.29, 0.717) is 11.3 Å². The fourth-order valence-corrected chi connectivity index (χ4v) is 3.14. The molecule has 1 aromatic heterocycles. The zero-order chi connectivity index (χ0) is 19.1. The summed E-state index contributed by atoms with van der Waals surface area (Å²) >= 11 is 1.57. The molecular formula is C18H20N2O5S. The van der Waals surface area contributed by atoms with Gasteiger partial charge in [0.25, 0.3) is 0 Å². The summed E-state index contributed by atoms with van der Waals surface area (Å²) in [6, 6.07) is 9.94. The summed E-state index contributed by atoms with van der Waals surface area (Å²) in [7, 11) is 2.84. The smallest absolute Gasteiger partial charge is 0.337 e. The predicted octanol–water partition coefficient (Wildman–Crippen LogP) is 2.29. The lowest BCUT2D eigenvalue weighted by Gasteiger charge is -2.14. The molecule has 8 heteroatoms. The van der Waals surface area contributed by atoms with Crippen LogP contribution < -0.4 is 10.6 Å². The van der Waals surface area contributed by atoms with E-state index >= 15 is 0 Å². The van der Waals surface area contributed by atoms with Crippen molar-refractivity contribution < 1.29 is 23.9 Å². The molecule has 2 N–H and O–H groups in total. The van der Waals surface area contributed by atoms with Crippen LogP contribution in [0.2, 0.25) is 0 Å². The van der Waals surface area contributed by atoms with Gasteiger partial charge < -0.3 is 20.1 Å². The zero-order valence-electron chi connectivity index (χ0n) is 14.7. The molecule has 0 aliphatic heterocycles. The van der Waals surface area contributed by atoms with E-state index < -0.39 is 17.8 Å². The third-order valence-electron chi connectivity index (χ3n) is 3.58. The van der Waals surface area contributed by atoms with Crippen LogP contribution in [0.25, 0.3) is 0 Å². The number of carbonyl (C=O) groups is 3. The van der Waals surface area contributed by atoms with Gasteiger partial charge in [-0.05, 0) is 43.3 Å². The number of rotatable bonds is 6. The van der Waals surface area contributed by atoms with E-state index in [1.807, 2.05) is 19.1 Å². The number of aryl methyl sites for hydroxylation is 1. The fraction of sp³-hybridized carbons (Fsp3) is 0.278. The highest BCUT2D eigenvalue weighted by atomic mass is 32.1. The summed E-state index contributed by atoms with van der Waals surface area (Å²) in [5.74, 6) is -2.04. The quantitative estimate of drug-likeness (QED) is 0.596. The molecule has 1 heterocycles. The Hall–Kier alpha value is -2.71. The number of amides is 2. The van der Waals surface area contributed by atoms with Crippen LogP contribution in [0.5, 0.6) is 0 Å². The molecule has 0 radical (unpaired) electrons. The van der Waals surface area contributed by atoms with Gasteiger partial charge in [0.15, 0.2) is 0 Å². The molecule has 0 aliphatic rings. The van der Waals surface area contributed by atoms with Crippen LogP contribution in [-0.2, 0) is 19.1 Å². The number of carbonyl (C=O) groups excluding carboxylic acids is 3. The lowest BCUT2D eigenvalue weighted by molar-refractivity contribution is -0.136. The van der Waals surface area contributed by atoms with Gasteiger partial charge in [0, 0.05) is 29.1 Å². The van der Waals surface area contributed by atoms with Crippen molar-refractivity contribution >= 4 is 34.8 Å². The molecule has 1 aromatic carbocycles. The molecule has 138 valence electrons. The third kappa shape index (κ3) is 5.14. The maximum absolute atomic E-state index is 12.0. The zero-order valence-corrected chi connectivity index (χ0v) is 15.5. The summed E-state index contributed by atoms with van der Waals surface area (Å²) in [4.78, 5) is 37.4. The first-order valence-electron chi connectivity index (χ1n) is 7.81. The van der Waals surface area contributed by atoms with E-state index in [1.54, 1.807) is 18.4 Å².